The highest BCUT2D eigenvalue weighted by molar-refractivity contribution is 5.83. The molecule has 1 aliphatic heterocycles. The number of hydrogen-bond donors (Lipinski definition) is 0. The van der Waals surface area contributed by atoms with Gasteiger partial charge in [0, 0.05) is 0 Å². The number of methoxy groups -OCH3 is 1. The molecule has 2 rings (SSSR count). The Kier molecular flexibility index (Phi) is 5.17. The van der Waals surface area contributed by atoms with Gasteiger partial charge in [0.15, 0.2) is 0 Å². The van der Waals surface area contributed by atoms with Crippen molar-refractivity contribution in [2.45, 2.75) is 19.9 Å². The lowest BCUT2D eigenvalue weighted by atomic mass is 10.0. The van der Waals surface area contributed by atoms with Gasteiger partial charge in [0.2, 0.25) is 0 Å². The summed E-state index contributed by atoms with van der Waals surface area (Å²) in [7, 11) is 1.56. The van der Waals surface area contributed by atoms with E-state index in [9.17, 15) is 4.79 Å². The standard InChI is InChI=1S/C17H21NO3/c1-13(2)16(10-9-14-7-5-4-6-8-14)18-12-15(20-3)11-17(19)21-18/h4-11,13,16H,12H2,1-3H3/b10-9+. The molecule has 1 aromatic carbocycles. The van der Waals surface area contributed by atoms with Crippen LogP contribution in [0.15, 0.2) is 48.2 Å². The monoisotopic (exact) mass is 287 g/mol. The summed E-state index contributed by atoms with van der Waals surface area (Å²) in [5, 5.41) is 1.67. The molecule has 0 saturated heterocycles. The van der Waals surface area contributed by atoms with Crippen LogP contribution >= 0.6 is 0 Å². The van der Waals surface area contributed by atoms with Crippen LogP contribution in [-0.4, -0.2) is 30.7 Å². The lowest BCUT2D eigenvalue weighted by Crippen LogP contribution is -2.42. The molecule has 0 bridgehead atoms. The van der Waals surface area contributed by atoms with E-state index in [2.05, 4.69) is 19.9 Å². The average molecular weight is 287 g/mol. The number of hydroxylamine groups is 2. The summed E-state index contributed by atoms with van der Waals surface area (Å²) >= 11 is 0. The van der Waals surface area contributed by atoms with Gasteiger partial charge < -0.3 is 9.57 Å². The minimum absolute atomic E-state index is 0.00648. The Bertz CT molecular complexity index is 534. The van der Waals surface area contributed by atoms with Crippen molar-refractivity contribution in [3.63, 3.8) is 0 Å². The van der Waals surface area contributed by atoms with Crippen LogP contribution in [0.25, 0.3) is 6.08 Å². The number of ether oxygens (including phenoxy) is 1. The molecule has 0 aliphatic carbocycles. The highest BCUT2D eigenvalue weighted by Gasteiger charge is 2.28. The van der Waals surface area contributed by atoms with E-state index in [1.807, 2.05) is 36.4 Å². The molecule has 4 nitrogen and oxygen atoms in total. The normalized spacial score (nSPS) is 17.7. The third-order valence-electron chi connectivity index (χ3n) is 3.36. The third-order valence-corrected chi connectivity index (χ3v) is 3.36. The minimum atomic E-state index is -0.392. The minimum Gasteiger partial charge on any atom is -0.499 e. The molecule has 0 fully saturated rings. The Morgan fingerprint density at radius 2 is 2.00 bits per heavy atom. The smallest absolute Gasteiger partial charge is 0.353 e. The van der Waals surface area contributed by atoms with Crippen molar-refractivity contribution < 1.29 is 14.4 Å². The molecule has 1 aromatic rings. The number of benzene rings is 1. The Hall–Kier alpha value is -2.07. The van der Waals surface area contributed by atoms with Crippen molar-refractivity contribution in [3.8, 4) is 0 Å². The maximum absolute atomic E-state index is 11.6. The van der Waals surface area contributed by atoms with E-state index in [1.165, 1.54) is 6.08 Å². The fraction of sp³-hybridized carbons (Fsp3) is 0.353. The summed E-state index contributed by atoms with van der Waals surface area (Å²) in [4.78, 5) is 16.9. The zero-order valence-electron chi connectivity index (χ0n) is 12.7. The van der Waals surface area contributed by atoms with Crippen molar-refractivity contribution in [3.05, 3.63) is 53.8 Å². The van der Waals surface area contributed by atoms with Crippen molar-refractivity contribution in [2.24, 2.45) is 5.92 Å². The molecule has 1 atom stereocenters. The summed E-state index contributed by atoms with van der Waals surface area (Å²) in [6.45, 7) is 4.65. The van der Waals surface area contributed by atoms with Gasteiger partial charge in [0.25, 0.3) is 0 Å². The van der Waals surface area contributed by atoms with Gasteiger partial charge in [0.1, 0.15) is 5.76 Å². The zero-order chi connectivity index (χ0) is 15.2. The van der Waals surface area contributed by atoms with Gasteiger partial charge in [-0.3, -0.25) is 0 Å². The fourth-order valence-corrected chi connectivity index (χ4v) is 2.22. The quantitative estimate of drug-likeness (QED) is 0.834. The lowest BCUT2D eigenvalue weighted by Gasteiger charge is -2.32. The summed E-state index contributed by atoms with van der Waals surface area (Å²) < 4.78 is 5.18. The van der Waals surface area contributed by atoms with E-state index in [0.29, 0.717) is 18.2 Å². The molecule has 1 heterocycles. The molecule has 0 spiro atoms. The largest absolute Gasteiger partial charge is 0.499 e. The number of carbonyl (C=O) groups is 1. The topological polar surface area (TPSA) is 38.8 Å². The molecule has 0 saturated carbocycles. The predicted octanol–water partition coefficient (Wildman–Crippen LogP) is 3.03. The van der Waals surface area contributed by atoms with Crippen LogP contribution in [0.1, 0.15) is 19.4 Å². The van der Waals surface area contributed by atoms with E-state index in [-0.39, 0.29) is 6.04 Å². The first-order valence-electron chi connectivity index (χ1n) is 7.06. The van der Waals surface area contributed by atoms with Crippen molar-refractivity contribution >= 4 is 12.0 Å². The van der Waals surface area contributed by atoms with Gasteiger partial charge in [-0.1, -0.05) is 56.3 Å². The molecule has 21 heavy (non-hydrogen) atoms. The first-order valence-corrected chi connectivity index (χ1v) is 7.06. The van der Waals surface area contributed by atoms with Gasteiger partial charge >= 0.3 is 5.97 Å². The first-order chi connectivity index (χ1) is 10.1. The van der Waals surface area contributed by atoms with Crippen LogP contribution < -0.4 is 0 Å². The Balaban J connectivity index is 2.14. The maximum atomic E-state index is 11.6. The van der Waals surface area contributed by atoms with Crippen molar-refractivity contribution in [2.75, 3.05) is 13.7 Å². The van der Waals surface area contributed by atoms with Gasteiger partial charge in [-0.2, -0.15) is 0 Å². The second kappa shape index (κ2) is 7.09. The van der Waals surface area contributed by atoms with Crippen molar-refractivity contribution in [1.29, 1.82) is 0 Å². The van der Waals surface area contributed by atoms with E-state index in [1.54, 1.807) is 12.2 Å². The molecule has 1 unspecified atom stereocenters. The summed E-state index contributed by atoms with van der Waals surface area (Å²) in [5.41, 5.74) is 1.12. The third kappa shape index (κ3) is 4.20. The molecule has 0 aromatic heterocycles. The fourth-order valence-electron chi connectivity index (χ4n) is 2.22. The van der Waals surface area contributed by atoms with Crippen molar-refractivity contribution in [1.82, 2.24) is 5.06 Å². The molecular weight excluding hydrogens is 266 g/mol. The molecule has 0 N–H and O–H groups in total. The van der Waals surface area contributed by atoms with E-state index < -0.39 is 5.97 Å². The Morgan fingerprint density at radius 1 is 1.29 bits per heavy atom. The van der Waals surface area contributed by atoms with Gasteiger partial charge in [0.05, 0.1) is 25.8 Å². The molecular formula is C17H21NO3. The average Bonchev–Trinajstić information content (AvgIpc) is 2.47. The summed E-state index contributed by atoms with van der Waals surface area (Å²) in [6.07, 6.45) is 5.49. The van der Waals surface area contributed by atoms with Gasteiger partial charge in [-0.15, -0.1) is 5.06 Å². The molecule has 0 radical (unpaired) electrons. The molecule has 4 heteroatoms. The molecule has 1 aliphatic rings. The number of hydrogen-bond acceptors (Lipinski definition) is 4. The predicted molar refractivity (Wildman–Crippen MR) is 82.0 cm³/mol. The zero-order valence-corrected chi connectivity index (χ0v) is 12.7. The van der Waals surface area contributed by atoms with Crippen LogP contribution in [0, 0.1) is 5.92 Å². The number of rotatable bonds is 5. The Labute approximate surface area is 125 Å². The molecule has 0 amide bonds. The summed E-state index contributed by atoms with van der Waals surface area (Å²) in [5.74, 6) is 0.524. The van der Waals surface area contributed by atoms with Crippen LogP contribution in [-0.2, 0) is 14.4 Å². The van der Waals surface area contributed by atoms with Crippen LogP contribution in [0.3, 0.4) is 0 Å². The van der Waals surface area contributed by atoms with E-state index >= 15 is 0 Å². The van der Waals surface area contributed by atoms with Gasteiger partial charge in [-0.05, 0) is 11.5 Å². The lowest BCUT2D eigenvalue weighted by molar-refractivity contribution is -0.199. The molecule has 112 valence electrons. The highest BCUT2D eigenvalue weighted by Crippen LogP contribution is 2.20. The van der Waals surface area contributed by atoms with Crippen LogP contribution in [0.5, 0.6) is 0 Å². The van der Waals surface area contributed by atoms with E-state index in [0.717, 1.165) is 5.56 Å². The second-order valence-corrected chi connectivity index (χ2v) is 5.30. The summed E-state index contributed by atoms with van der Waals surface area (Å²) in [6, 6.07) is 10.0. The van der Waals surface area contributed by atoms with Crippen LogP contribution in [0.4, 0.5) is 0 Å². The van der Waals surface area contributed by atoms with E-state index in [4.69, 9.17) is 9.57 Å². The highest BCUT2D eigenvalue weighted by atomic mass is 16.7. The van der Waals surface area contributed by atoms with Gasteiger partial charge in [-0.25, -0.2) is 4.79 Å². The number of carbonyl (C=O) groups excluding carboxylic acids is 1. The van der Waals surface area contributed by atoms with Crippen LogP contribution in [0.2, 0.25) is 0 Å². The first kappa shape index (κ1) is 15.3. The Morgan fingerprint density at radius 3 is 2.62 bits per heavy atom. The SMILES string of the molecule is COC1=CC(=O)ON(C(/C=C/c2ccccc2)C(C)C)C1. The second-order valence-electron chi connectivity index (χ2n) is 5.30. The maximum Gasteiger partial charge on any atom is 0.353 e. The number of nitrogens with zero attached hydrogens (tertiary/aromatic N) is 1.